The molecule has 0 aliphatic carbocycles. The van der Waals surface area contributed by atoms with Crippen LogP contribution in [0.4, 0.5) is 0 Å². The molecule has 2 N–H and O–H groups in total. The third kappa shape index (κ3) is 3.85. The Labute approximate surface area is 142 Å². The Balaban J connectivity index is 2.09. The van der Waals surface area contributed by atoms with Crippen LogP contribution in [0.5, 0.6) is 0 Å². The van der Waals surface area contributed by atoms with Gasteiger partial charge in [0, 0.05) is 29.6 Å². The number of H-pyrrole nitrogens is 1. The molecule has 2 heterocycles. The molecule has 0 bridgehead atoms. The Morgan fingerprint density at radius 3 is 2.75 bits per heavy atom. The highest BCUT2D eigenvalue weighted by atomic mass is 16.5. The maximum Gasteiger partial charge on any atom is 0.306 e. The standard InChI is InChI=1S/C19H24N2O3/c1-5-9-24-18(22)8-7-14-11-20-16(12(14)3)10-17-13(4)15(6-2)19(23)21-17/h5,10-11,20H,1,6-9H2,2-4H3,(H,21,23)/b17-10+. The molecule has 1 aliphatic rings. The lowest BCUT2D eigenvalue weighted by molar-refractivity contribution is -0.142. The van der Waals surface area contributed by atoms with Crippen LogP contribution >= 0.6 is 0 Å². The summed E-state index contributed by atoms with van der Waals surface area (Å²) in [6.07, 6.45) is 7.07. The molecular weight excluding hydrogens is 304 g/mol. The van der Waals surface area contributed by atoms with E-state index in [0.29, 0.717) is 12.8 Å². The number of rotatable bonds is 7. The van der Waals surface area contributed by atoms with Crippen LogP contribution < -0.4 is 5.32 Å². The number of aromatic nitrogens is 1. The van der Waals surface area contributed by atoms with Crippen LogP contribution in [0.25, 0.3) is 6.08 Å². The molecule has 1 amide bonds. The van der Waals surface area contributed by atoms with E-state index in [1.165, 1.54) is 0 Å². The number of allylic oxidation sites excluding steroid dienone is 1. The van der Waals surface area contributed by atoms with Crippen molar-refractivity contribution < 1.29 is 14.3 Å². The first-order chi connectivity index (χ1) is 11.5. The van der Waals surface area contributed by atoms with E-state index in [-0.39, 0.29) is 18.5 Å². The molecule has 0 saturated carbocycles. The molecule has 0 unspecified atom stereocenters. The van der Waals surface area contributed by atoms with Crippen molar-refractivity contribution in [3.8, 4) is 0 Å². The third-order valence-corrected chi connectivity index (χ3v) is 4.27. The van der Waals surface area contributed by atoms with Crippen LogP contribution in [-0.4, -0.2) is 23.5 Å². The van der Waals surface area contributed by atoms with E-state index in [1.54, 1.807) is 6.08 Å². The number of carbonyl (C=O) groups is 2. The van der Waals surface area contributed by atoms with Gasteiger partial charge in [0.25, 0.3) is 5.91 Å². The van der Waals surface area contributed by atoms with Crippen molar-refractivity contribution >= 4 is 18.0 Å². The molecule has 1 aromatic rings. The largest absolute Gasteiger partial charge is 0.461 e. The van der Waals surface area contributed by atoms with Gasteiger partial charge in [0.05, 0.1) is 0 Å². The summed E-state index contributed by atoms with van der Waals surface area (Å²) >= 11 is 0. The zero-order valence-corrected chi connectivity index (χ0v) is 14.5. The van der Waals surface area contributed by atoms with Crippen LogP contribution in [0, 0.1) is 6.92 Å². The quantitative estimate of drug-likeness (QED) is 0.596. The van der Waals surface area contributed by atoms with Gasteiger partial charge in [-0.3, -0.25) is 9.59 Å². The molecular formula is C19H24N2O3. The molecule has 0 atom stereocenters. The van der Waals surface area contributed by atoms with Crippen molar-refractivity contribution in [3.63, 3.8) is 0 Å². The topological polar surface area (TPSA) is 71.2 Å². The minimum Gasteiger partial charge on any atom is -0.461 e. The molecule has 0 radical (unpaired) electrons. The predicted octanol–water partition coefficient (Wildman–Crippen LogP) is 3.18. The van der Waals surface area contributed by atoms with Gasteiger partial charge in [-0.05, 0) is 49.5 Å². The predicted molar refractivity (Wildman–Crippen MR) is 94.1 cm³/mol. The number of amides is 1. The summed E-state index contributed by atoms with van der Waals surface area (Å²) in [4.78, 5) is 26.7. The van der Waals surface area contributed by atoms with E-state index >= 15 is 0 Å². The third-order valence-electron chi connectivity index (χ3n) is 4.27. The fourth-order valence-electron chi connectivity index (χ4n) is 2.76. The summed E-state index contributed by atoms with van der Waals surface area (Å²) in [5.41, 5.74) is 5.74. The lowest BCUT2D eigenvalue weighted by atomic mass is 10.1. The molecule has 1 aliphatic heterocycles. The second-order valence-corrected chi connectivity index (χ2v) is 5.79. The zero-order valence-electron chi connectivity index (χ0n) is 14.5. The van der Waals surface area contributed by atoms with Gasteiger partial charge in [0.2, 0.25) is 0 Å². The van der Waals surface area contributed by atoms with Crippen LogP contribution in [0.15, 0.2) is 35.7 Å². The van der Waals surface area contributed by atoms with Gasteiger partial charge in [-0.1, -0.05) is 19.6 Å². The molecule has 2 rings (SSSR count). The average molecular weight is 328 g/mol. The van der Waals surface area contributed by atoms with Crippen LogP contribution in [0.3, 0.4) is 0 Å². The van der Waals surface area contributed by atoms with Crippen molar-refractivity contribution in [3.05, 3.63) is 52.5 Å². The maximum absolute atomic E-state index is 11.9. The van der Waals surface area contributed by atoms with Crippen molar-refractivity contribution in [2.45, 2.75) is 40.0 Å². The van der Waals surface area contributed by atoms with E-state index in [4.69, 9.17) is 4.74 Å². The van der Waals surface area contributed by atoms with E-state index in [1.807, 2.05) is 33.0 Å². The average Bonchev–Trinajstić information content (AvgIpc) is 3.04. The molecule has 1 aromatic heterocycles. The summed E-state index contributed by atoms with van der Waals surface area (Å²) in [7, 11) is 0. The fourth-order valence-corrected chi connectivity index (χ4v) is 2.76. The minimum atomic E-state index is -0.232. The van der Waals surface area contributed by atoms with Crippen molar-refractivity contribution in [1.82, 2.24) is 10.3 Å². The number of hydrogen-bond acceptors (Lipinski definition) is 3. The normalized spacial score (nSPS) is 15.8. The van der Waals surface area contributed by atoms with Gasteiger partial charge >= 0.3 is 5.97 Å². The first-order valence-electron chi connectivity index (χ1n) is 8.14. The van der Waals surface area contributed by atoms with Gasteiger partial charge in [-0.15, -0.1) is 0 Å². The highest BCUT2D eigenvalue weighted by Gasteiger charge is 2.22. The minimum absolute atomic E-state index is 0.0179. The number of aryl methyl sites for hydroxylation is 1. The lowest BCUT2D eigenvalue weighted by Gasteiger charge is -2.03. The fraction of sp³-hybridized carbons (Fsp3) is 0.368. The van der Waals surface area contributed by atoms with E-state index in [9.17, 15) is 9.59 Å². The van der Waals surface area contributed by atoms with Gasteiger partial charge in [-0.2, -0.15) is 0 Å². The smallest absolute Gasteiger partial charge is 0.306 e. The Kier molecular flexibility index (Phi) is 5.79. The molecule has 24 heavy (non-hydrogen) atoms. The summed E-state index contributed by atoms with van der Waals surface area (Å²) in [6.45, 7) is 9.70. The highest BCUT2D eigenvalue weighted by molar-refractivity contribution is 6.01. The van der Waals surface area contributed by atoms with E-state index in [0.717, 1.165) is 40.1 Å². The molecule has 5 heteroatoms. The molecule has 0 aromatic carbocycles. The lowest BCUT2D eigenvalue weighted by Crippen LogP contribution is -2.16. The first-order valence-corrected chi connectivity index (χ1v) is 8.14. The van der Waals surface area contributed by atoms with Gasteiger partial charge in [0.1, 0.15) is 6.61 Å². The Morgan fingerprint density at radius 2 is 2.12 bits per heavy atom. The number of esters is 1. The Morgan fingerprint density at radius 1 is 1.38 bits per heavy atom. The van der Waals surface area contributed by atoms with Crippen molar-refractivity contribution in [1.29, 1.82) is 0 Å². The number of hydrogen-bond donors (Lipinski definition) is 2. The van der Waals surface area contributed by atoms with Crippen molar-refractivity contribution in [2.75, 3.05) is 6.61 Å². The molecule has 0 saturated heterocycles. The summed E-state index contributed by atoms with van der Waals surface area (Å²) in [5.74, 6) is -0.250. The summed E-state index contributed by atoms with van der Waals surface area (Å²) in [5, 5.41) is 2.91. The Bertz CT molecular complexity index is 723. The summed E-state index contributed by atoms with van der Waals surface area (Å²) < 4.78 is 4.98. The maximum atomic E-state index is 11.9. The van der Waals surface area contributed by atoms with Crippen molar-refractivity contribution in [2.24, 2.45) is 0 Å². The van der Waals surface area contributed by atoms with Crippen LogP contribution in [0.1, 0.15) is 43.5 Å². The van der Waals surface area contributed by atoms with E-state index < -0.39 is 0 Å². The van der Waals surface area contributed by atoms with Crippen LogP contribution in [-0.2, 0) is 20.7 Å². The highest BCUT2D eigenvalue weighted by Crippen LogP contribution is 2.25. The number of ether oxygens (including phenoxy) is 1. The summed E-state index contributed by atoms with van der Waals surface area (Å²) in [6, 6.07) is 0. The SMILES string of the molecule is C=CCOC(=O)CCc1c[nH]c(/C=C2/NC(=O)C(CC)=C2C)c1C. The Hall–Kier alpha value is -2.56. The van der Waals surface area contributed by atoms with E-state index in [2.05, 4.69) is 16.9 Å². The van der Waals surface area contributed by atoms with Gasteiger partial charge in [0.15, 0.2) is 0 Å². The molecule has 5 nitrogen and oxygen atoms in total. The molecule has 0 fully saturated rings. The number of aromatic amines is 1. The van der Waals surface area contributed by atoms with Gasteiger partial charge in [-0.25, -0.2) is 0 Å². The monoisotopic (exact) mass is 328 g/mol. The first kappa shape index (κ1) is 17.8. The van der Waals surface area contributed by atoms with Crippen LogP contribution in [0.2, 0.25) is 0 Å². The second kappa shape index (κ2) is 7.81. The zero-order chi connectivity index (χ0) is 17.7. The molecule has 128 valence electrons. The second-order valence-electron chi connectivity index (χ2n) is 5.79. The van der Waals surface area contributed by atoms with Gasteiger partial charge < -0.3 is 15.0 Å². The molecule has 0 spiro atoms. The number of nitrogens with one attached hydrogen (secondary N) is 2. The number of carbonyl (C=O) groups excluding carboxylic acids is 2.